The lowest BCUT2D eigenvalue weighted by molar-refractivity contribution is -0.143. The summed E-state index contributed by atoms with van der Waals surface area (Å²) in [6.45, 7) is 1.65. The van der Waals surface area contributed by atoms with Crippen molar-refractivity contribution in [2.24, 2.45) is 0 Å². The van der Waals surface area contributed by atoms with E-state index in [1.165, 1.54) is 11.1 Å². The molecule has 3 aliphatic rings. The molecular weight excluding hydrogens is 494 g/mol. The molecule has 5 rings (SSSR count). The lowest BCUT2D eigenvalue weighted by Gasteiger charge is -2.30. The van der Waals surface area contributed by atoms with Gasteiger partial charge in [0.25, 0.3) is 0 Å². The van der Waals surface area contributed by atoms with Crippen LogP contribution in [0.4, 0.5) is 22.1 Å². The quantitative estimate of drug-likeness (QED) is 0.548. The standard InChI is InChI=1S/C25H27N7O4S/c26-10-18-11-27-22(9-20(18)28-19-3-7-37-15-19)30-25(35)32-4-1-2-16-8-17(21(13-33)29-24(16)32)12-31-5-6-36-14-23(31)34/h8-9,11,13,19H,1-7,12,14-15H2,(H2,27,28,30,35). The maximum Gasteiger partial charge on any atom is 0.328 e. The van der Waals surface area contributed by atoms with E-state index in [1.807, 2.05) is 17.8 Å². The average molecular weight is 522 g/mol. The molecule has 1 unspecified atom stereocenters. The molecule has 37 heavy (non-hydrogen) atoms. The second-order valence-corrected chi connectivity index (χ2v) is 10.3. The monoisotopic (exact) mass is 521 g/mol. The van der Waals surface area contributed by atoms with Crippen LogP contribution in [0.3, 0.4) is 0 Å². The number of pyridine rings is 2. The Labute approximate surface area is 218 Å². The number of hydrogen-bond acceptors (Lipinski definition) is 9. The Balaban J connectivity index is 1.35. The van der Waals surface area contributed by atoms with E-state index < -0.39 is 6.03 Å². The van der Waals surface area contributed by atoms with Gasteiger partial charge in [0.15, 0.2) is 6.29 Å². The highest BCUT2D eigenvalue weighted by Crippen LogP contribution is 2.29. The van der Waals surface area contributed by atoms with Crippen LogP contribution in [0, 0.1) is 11.3 Å². The number of rotatable bonds is 6. The molecule has 5 heterocycles. The number of nitriles is 1. The van der Waals surface area contributed by atoms with Crippen molar-refractivity contribution >= 4 is 47.3 Å². The van der Waals surface area contributed by atoms with E-state index in [-0.39, 0.29) is 30.8 Å². The molecule has 2 aromatic heterocycles. The highest BCUT2D eigenvalue weighted by molar-refractivity contribution is 7.99. The zero-order valence-corrected chi connectivity index (χ0v) is 21.1. The van der Waals surface area contributed by atoms with Gasteiger partial charge in [0.2, 0.25) is 5.91 Å². The number of nitrogens with one attached hydrogen (secondary N) is 2. The number of urea groups is 1. The Bertz CT molecular complexity index is 1260. The van der Waals surface area contributed by atoms with Crippen LogP contribution in [-0.4, -0.2) is 76.9 Å². The van der Waals surface area contributed by atoms with Gasteiger partial charge in [-0.1, -0.05) is 0 Å². The summed E-state index contributed by atoms with van der Waals surface area (Å²) in [6.07, 6.45) is 4.55. The SMILES string of the molecule is N#Cc1cnc(NC(=O)N2CCCc3cc(CN4CCOCC4=O)c(C=O)nc32)cc1NC1CCSC1. The third kappa shape index (κ3) is 5.52. The van der Waals surface area contributed by atoms with E-state index in [4.69, 9.17) is 4.74 Å². The van der Waals surface area contributed by atoms with E-state index in [0.29, 0.717) is 60.9 Å². The van der Waals surface area contributed by atoms with Crippen molar-refractivity contribution in [2.75, 3.05) is 53.3 Å². The van der Waals surface area contributed by atoms with E-state index >= 15 is 0 Å². The molecule has 192 valence electrons. The minimum Gasteiger partial charge on any atom is -0.380 e. The fourth-order valence-corrected chi connectivity index (χ4v) is 5.84. The summed E-state index contributed by atoms with van der Waals surface area (Å²) in [4.78, 5) is 49.3. The van der Waals surface area contributed by atoms with Gasteiger partial charge in [0.05, 0.1) is 17.9 Å². The number of carbonyl (C=O) groups excluding carboxylic acids is 3. The zero-order chi connectivity index (χ0) is 25.8. The molecule has 3 aliphatic heterocycles. The highest BCUT2D eigenvalue weighted by Gasteiger charge is 2.28. The summed E-state index contributed by atoms with van der Waals surface area (Å²) < 4.78 is 5.19. The fraction of sp³-hybridized carbons (Fsp3) is 0.440. The molecule has 2 N–H and O–H groups in total. The first-order valence-electron chi connectivity index (χ1n) is 12.2. The number of aldehydes is 1. The fourth-order valence-electron chi connectivity index (χ4n) is 4.68. The van der Waals surface area contributed by atoms with Gasteiger partial charge in [0.1, 0.15) is 30.0 Å². The summed E-state index contributed by atoms with van der Waals surface area (Å²) >= 11 is 1.86. The third-order valence-electron chi connectivity index (χ3n) is 6.63. The van der Waals surface area contributed by atoms with Gasteiger partial charge in [0, 0.05) is 49.3 Å². The Kier molecular flexibility index (Phi) is 7.52. The first-order valence-corrected chi connectivity index (χ1v) is 13.4. The highest BCUT2D eigenvalue weighted by atomic mass is 32.2. The molecule has 0 saturated carbocycles. The molecule has 12 heteroatoms. The number of morpholine rings is 1. The van der Waals surface area contributed by atoms with Crippen LogP contribution in [0.15, 0.2) is 18.3 Å². The molecule has 11 nitrogen and oxygen atoms in total. The predicted molar refractivity (Wildman–Crippen MR) is 139 cm³/mol. The Morgan fingerprint density at radius 2 is 2.24 bits per heavy atom. The maximum atomic E-state index is 13.3. The van der Waals surface area contributed by atoms with Crippen molar-refractivity contribution in [3.05, 3.63) is 40.7 Å². The number of amides is 3. The van der Waals surface area contributed by atoms with E-state index in [0.717, 1.165) is 29.9 Å². The van der Waals surface area contributed by atoms with Gasteiger partial charge in [-0.25, -0.2) is 14.8 Å². The molecule has 0 bridgehead atoms. The Morgan fingerprint density at radius 1 is 1.35 bits per heavy atom. The molecule has 0 aromatic carbocycles. The number of aryl methyl sites for hydroxylation is 1. The zero-order valence-electron chi connectivity index (χ0n) is 20.2. The summed E-state index contributed by atoms with van der Waals surface area (Å²) in [7, 11) is 0. The number of carbonyl (C=O) groups is 3. The van der Waals surface area contributed by atoms with Crippen molar-refractivity contribution in [1.82, 2.24) is 14.9 Å². The lowest BCUT2D eigenvalue weighted by Crippen LogP contribution is -2.42. The van der Waals surface area contributed by atoms with Crippen LogP contribution in [0.25, 0.3) is 0 Å². The smallest absolute Gasteiger partial charge is 0.328 e. The number of nitrogens with zero attached hydrogens (tertiary/aromatic N) is 5. The van der Waals surface area contributed by atoms with Gasteiger partial charge >= 0.3 is 6.03 Å². The van der Waals surface area contributed by atoms with Crippen molar-refractivity contribution in [3.63, 3.8) is 0 Å². The summed E-state index contributed by atoms with van der Waals surface area (Å²) in [5.74, 6) is 2.66. The average Bonchev–Trinajstić information content (AvgIpc) is 3.42. The van der Waals surface area contributed by atoms with E-state index in [9.17, 15) is 19.6 Å². The Hall–Kier alpha value is -3.69. The number of aromatic nitrogens is 2. The minimum absolute atomic E-state index is 0.0307. The molecule has 0 radical (unpaired) electrons. The second-order valence-electron chi connectivity index (χ2n) is 9.12. The van der Waals surface area contributed by atoms with Gasteiger partial charge in [-0.3, -0.25) is 19.8 Å². The first-order chi connectivity index (χ1) is 18.1. The number of hydrogen-bond donors (Lipinski definition) is 2. The molecule has 2 aromatic rings. The van der Waals surface area contributed by atoms with Gasteiger partial charge in [-0.15, -0.1) is 0 Å². The summed E-state index contributed by atoms with van der Waals surface area (Å²) in [5, 5.41) is 15.7. The second kappa shape index (κ2) is 11.1. The predicted octanol–water partition coefficient (Wildman–Crippen LogP) is 2.42. The molecule has 2 saturated heterocycles. The molecule has 2 fully saturated rings. The van der Waals surface area contributed by atoms with Crippen LogP contribution in [0.2, 0.25) is 0 Å². The Morgan fingerprint density at radius 3 is 3.00 bits per heavy atom. The minimum atomic E-state index is -0.416. The van der Waals surface area contributed by atoms with Crippen LogP contribution < -0.4 is 15.5 Å². The largest absolute Gasteiger partial charge is 0.380 e. The third-order valence-corrected chi connectivity index (χ3v) is 7.79. The lowest BCUT2D eigenvalue weighted by atomic mass is 10.0. The molecule has 1 atom stereocenters. The number of thioether (sulfide) groups is 1. The van der Waals surface area contributed by atoms with Crippen LogP contribution >= 0.6 is 11.8 Å². The van der Waals surface area contributed by atoms with Crippen molar-refractivity contribution < 1.29 is 19.1 Å². The summed E-state index contributed by atoms with van der Waals surface area (Å²) in [5.41, 5.74) is 2.76. The molecular formula is C25H27N7O4S. The van der Waals surface area contributed by atoms with Crippen molar-refractivity contribution in [1.29, 1.82) is 5.26 Å². The molecule has 3 amide bonds. The number of ether oxygens (including phenoxy) is 1. The van der Waals surface area contributed by atoms with Crippen molar-refractivity contribution in [2.45, 2.75) is 31.8 Å². The number of anilines is 3. The van der Waals surface area contributed by atoms with Crippen LogP contribution in [0.1, 0.15) is 40.0 Å². The molecule has 0 aliphatic carbocycles. The molecule has 0 spiro atoms. The summed E-state index contributed by atoms with van der Waals surface area (Å²) in [6, 6.07) is 5.55. The number of fused-ring (bicyclic) bond motifs is 1. The first kappa shape index (κ1) is 25.0. The van der Waals surface area contributed by atoms with E-state index in [2.05, 4.69) is 26.7 Å². The van der Waals surface area contributed by atoms with Crippen LogP contribution in [-0.2, 0) is 22.5 Å². The van der Waals surface area contributed by atoms with Gasteiger partial charge < -0.3 is 15.0 Å². The van der Waals surface area contributed by atoms with Crippen molar-refractivity contribution in [3.8, 4) is 6.07 Å². The van der Waals surface area contributed by atoms with Gasteiger partial charge in [-0.05, 0) is 36.6 Å². The maximum absolute atomic E-state index is 13.3. The van der Waals surface area contributed by atoms with Gasteiger partial charge in [-0.2, -0.15) is 17.0 Å². The van der Waals surface area contributed by atoms with E-state index in [1.54, 1.807) is 11.0 Å². The topological polar surface area (TPSA) is 141 Å². The normalized spacial score (nSPS) is 19.2. The van der Waals surface area contributed by atoms with Crippen LogP contribution in [0.5, 0.6) is 0 Å².